The smallest absolute Gasteiger partial charge is 0.267 e. The Balaban J connectivity index is 1.59. The van der Waals surface area contributed by atoms with Crippen molar-refractivity contribution in [2.45, 2.75) is 5.92 Å². The number of benzene rings is 3. The summed E-state index contributed by atoms with van der Waals surface area (Å²) in [4.78, 5) is 27.7. The second-order valence-electron chi connectivity index (χ2n) is 6.68. The summed E-state index contributed by atoms with van der Waals surface area (Å²) in [5.41, 5.74) is 2.26. The van der Waals surface area contributed by atoms with E-state index in [-0.39, 0.29) is 23.1 Å². The van der Waals surface area contributed by atoms with Crippen LogP contribution in [0.1, 0.15) is 27.5 Å². The van der Waals surface area contributed by atoms with Crippen LogP contribution in [0.5, 0.6) is 0 Å². The molecule has 0 spiro atoms. The van der Waals surface area contributed by atoms with Crippen molar-refractivity contribution in [3.8, 4) is 0 Å². The third kappa shape index (κ3) is 3.71. The highest BCUT2D eigenvalue weighted by Gasteiger charge is 2.16. The predicted octanol–water partition coefficient (Wildman–Crippen LogP) is 4.09. The number of nitrogens with one attached hydrogen (secondary N) is 2. The fourth-order valence-corrected chi connectivity index (χ4v) is 3.42. The molecule has 1 amide bonds. The number of pyridine rings is 1. The van der Waals surface area contributed by atoms with Crippen molar-refractivity contribution in [2.75, 3.05) is 6.54 Å². The lowest BCUT2D eigenvalue weighted by Crippen LogP contribution is -2.30. The SMILES string of the molecule is O=C(NCC(c1ccccc1)c1ccccc1)c1cc2ccccc2c(=O)[nH]1. The molecule has 0 bridgehead atoms. The Morgan fingerprint density at radius 3 is 2.04 bits per heavy atom. The van der Waals surface area contributed by atoms with E-state index in [2.05, 4.69) is 34.6 Å². The first kappa shape index (κ1) is 17.7. The molecule has 0 saturated heterocycles. The van der Waals surface area contributed by atoms with Crippen molar-refractivity contribution in [1.29, 1.82) is 0 Å². The van der Waals surface area contributed by atoms with E-state index in [1.807, 2.05) is 54.6 Å². The first-order valence-corrected chi connectivity index (χ1v) is 9.22. The van der Waals surface area contributed by atoms with Crippen molar-refractivity contribution in [2.24, 2.45) is 0 Å². The Morgan fingerprint density at radius 1 is 0.821 bits per heavy atom. The van der Waals surface area contributed by atoms with E-state index in [9.17, 15) is 9.59 Å². The van der Waals surface area contributed by atoms with Gasteiger partial charge in [0, 0.05) is 17.8 Å². The van der Waals surface area contributed by atoms with Crippen LogP contribution in [-0.4, -0.2) is 17.4 Å². The van der Waals surface area contributed by atoms with E-state index in [4.69, 9.17) is 0 Å². The van der Waals surface area contributed by atoms with Crippen LogP contribution >= 0.6 is 0 Å². The molecule has 1 aromatic heterocycles. The zero-order valence-electron chi connectivity index (χ0n) is 15.3. The van der Waals surface area contributed by atoms with Crippen LogP contribution in [0.25, 0.3) is 10.8 Å². The van der Waals surface area contributed by atoms with Gasteiger partial charge in [-0.3, -0.25) is 9.59 Å². The van der Waals surface area contributed by atoms with E-state index in [0.29, 0.717) is 11.9 Å². The number of carbonyl (C=O) groups excluding carboxylic acids is 1. The summed E-state index contributed by atoms with van der Waals surface area (Å²) < 4.78 is 0. The van der Waals surface area contributed by atoms with Gasteiger partial charge in [-0.1, -0.05) is 78.9 Å². The maximum absolute atomic E-state index is 12.7. The molecule has 3 aromatic carbocycles. The molecular weight excluding hydrogens is 348 g/mol. The van der Waals surface area contributed by atoms with Crippen molar-refractivity contribution >= 4 is 16.7 Å². The summed E-state index contributed by atoms with van der Waals surface area (Å²) in [6.45, 7) is 0.432. The summed E-state index contributed by atoms with van der Waals surface area (Å²) in [5.74, 6) is -0.266. The standard InChI is InChI=1S/C24H20N2O2/c27-23-20-14-8-7-13-19(20)15-22(26-23)24(28)25-16-21(17-9-3-1-4-10-17)18-11-5-2-6-12-18/h1-15,21H,16H2,(H,25,28)(H,26,27). The van der Waals surface area contributed by atoms with Crippen molar-refractivity contribution in [3.63, 3.8) is 0 Å². The summed E-state index contributed by atoms with van der Waals surface area (Å²) in [6.07, 6.45) is 0. The molecular formula is C24H20N2O2. The Hall–Kier alpha value is -3.66. The summed E-state index contributed by atoms with van der Waals surface area (Å²) in [6, 6.07) is 29.1. The van der Waals surface area contributed by atoms with Gasteiger partial charge in [0.1, 0.15) is 5.69 Å². The second kappa shape index (κ2) is 7.92. The monoisotopic (exact) mass is 368 g/mol. The predicted molar refractivity (Wildman–Crippen MR) is 112 cm³/mol. The first-order chi connectivity index (χ1) is 13.7. The van der Waals surface area contributed by atoms with Gasteiger partial charge in [0.25, 0.3) is 11.5 Å². The molecule has 4 nitrogen and oxygen atoms in total. The normalized spacial score (nSPS) is 10.9. The van der Waals surface area contributed by atoms with E-state index >= 15 is 0 Å². The van der Waals surface area contributed by atoms with Gasteiger partial charge in [0.15, 0.2) is 0 Å². The van der Waals surface area contributed by atoms with Crippen LogP contribution in [0.15, 0.2) is 95.8 Å². The first-order valence-electron chi connectivity index (χ1n) is 9.22. The number of hydrogen-bond acceptors (Lipinski definition) is 2. The molecule has 1 heterocycles. The van der Waals surface area contributed by atoms with Crippen molar-refractivity contribution in [1.82, 2.24) is 10.3 Å². The van der Waals surface area contributed by atoms with Gasteiger partial charge in [-0.2, -0.15) is 0 Å². The minimum atomic E-state index is -0.292. The molecule has 0 radical (unpaired) electrons. The van der Waals surface area contributed by atoms with Gasteiger partial charge in [-0.15, -0.1) is 0 Å². The van der Waals surface area contributed by atoms with Gasteiger partial charge in [-0.25, -0.2) is 0 Å². The fraction of sp³-hybridized carbons (Fsp3) is 0.0833. The average molecular weight is 368 g/mol. The zero-order valence-corrected chi connectivity index (χ0v) is 15.3. The van der Waals surface area contributed by atoms with E-state index < -0.39 is 0 Å². The number of H-pyrrole nitrogens is 1. The van der Waals surface area contributed by atoms with Gasteiger partial charge in [-0.05, 0) is 28.6 Å². The van der Waals surface area contributed by atoms with Gasteiger partial charge in [0.2, 0.25) is 0 Å². The number of rotatable bonds is 5. The summed E-state index contributed by atoms with van der Waals surface area (Å²) in [7, 11) is 0. The number of aromatic nitrogens is 1. The molecule has 138 valence electrons. The Morgan fingerprint density at radius 2 is 1.39 bits per heavy atom. The van der Waals surface area contributed by atoms with Gasteiger partial charge < -0.3 is 10.3 Å². The molecule has 28 heavy (non-hydrogen) atoms. The molecule has 0 aliphatic carbocycles. The topological polar surface area (TPSA) is 62.0 Å². The van der Waals surface area contributed by atoms with Gasteiger partial charge in [0.05, 0.1) is 0 Å². The number of hydrogen-bond donors (Lipinski definition) is 2. The molecule has 0 unspecified atom stereocenters. The number of amides is 1. The van der Waals surface area contributed by atoms with Crippen molar-refractivity contribution < 1.29 is 4.79 Å². The maximum atomic E-state index is 12.7. The summed E-state index contributed by atoms with van der Waals surface area (Å²) in [5, 5.41) is 4.30. The third-order valence-corrected chi connectivity index (χ3v) is 4.87. The van der Waals surface area contributed by atoms with Crippen LogP contribution in [0, 0.1) is 0 Å². The molecule has 0 fully saturated rings. The minimum absolute atomic E-state index is 0.0264. The molecule has 4 rings (SSSR count). The maximum Gasteiger partial charge on any atom is 0.267 e. The summed E-state index contributed by atoms with van der Waals surface area (Å²) >= 11 is 0. The Labute approximate surface area is 162 Å². The van der Waals surface area contributed by atoms with Crippen LogP contribution in [0.2, 0.25) is 0 Å². The Bertz CT molecular complexity index is 1110. The van der Waals surface area contributed by atoms with Gasteiger partial charge >= 0.3 is 0 Å². The minimum Gasteiger partial charge on any atom is -0.350 e. The van der Waals surface area contributed by atoms with E-state index in [1.54, 1.807) is 12.1 Å². The fourth-order valence-electron chi connectivity index (χ4n) is 3.42. The molecule has 4 aromatic rings. The zero-order chi connectivity index (χ0) is 19.3. The number of fused-ring (bicyclic) bond motifs is 1. The van der Waals surface area contributed by atoms with Crippen LogP contribution in [-0.2, 0) is 0 Å². The highest BCUT2D eigenvalue weighted by molar-refractivity contribution is 5.96. The molecule has 0 aliphatic rings. The van der Waals surface area contributed by atoms with Crippen LogP contribution in [0.3, 0.4) is 0 Å². The third-order valence-electron chi connectivity index (χ3n) is 4.87. The van der Waals surface area contributed by atoms with Crippen LogP contribution in [0.4, 0.5) is 0 Å². The quantitative estimate of drug-likeness (QED) is 0.557. The van der Waals surface area contributed by atoms with E-state index in [0.717, 1.165) is 16.5 Å². The second-order valence-corrected chi connectivity index (χ2v) is 6.68. The molecule has 2 N–H and O–H groups in total. The molecule has 0 atom stereocenters. The Kier molecular flexibility index (Phi) is 5.02. The molecule has 0 saturated carbocycles. The molecule has 0 aliphatic heterocycles. The number of carbonyl (C=O) groups is 1. The lowest BCUT2D eigenvalue weighted by atomic mass is 9.91. The van der Waals surface area contributed by atoms with E-state index in [1.165, 1.54) is 0 Å². The highest BCUT2D eigenvalue weighted by Crippen LogP contribution is 2.23. The van der Waals surface area contributed by atoms with Crippen molar-refractivity contribution in [3.05, 3.63) is 118 Å². The molecule has 4 heteroatoms. The largest absolute Gasteiger partial charge is 0.350 e. The van der Waals surface area contributed by atoms with Crippen LogP contribution < -0.4 is 10.9 Å². The lowest BCUT2D eigenvalue weighted by Gasteiger charge is -2.19. The lowest BCUT2D eigenvalue weighted by molar-refractivity contribution is 0.0947. The number of aromatic amines is 1. The average Bonchev–Trinajstić information content (AvgIpc) is 2.75. The highest BCUT2D eigenvalue weighted by atomic mass is 16.2.